The molecule has 0 unspecified atom stereocenters. The van der Waals surface area contributed by atoms with Gasteiger partial charge in [-0.15, -0.1) is 0 Å². The van der Waals surface area contributed by atoms with E-state index in [2.05, 4.69) is 16.7 Å². The SMILES string of the molecule is C=CCOc1cc(C(=O)N2CCC(c3nc(-c4ccc(C)cc4)no3)CC2)cc2occc12. The molecular weight excluding hydrogens is 418 g/mol. The van der Waals surface area contributed by atoms with Crippen molar-refractivity contribution in [2.24, 2.45) is 0 Å². The first kappa shape index (κ1) is 21.0. The van der Waals surface area contributed by atoms with Crippen LogP contribution in [-0.4, -0.2) is 40.6 Å². The van der Waals surface area contributed by atoms with Gasteiger partial charge in [-0.25, -0.2) is 0 Å². The van der Waals surface area contributed by atoms with Gasteiger partial charge < -0.3 is 18.6 Å². The average Bonchev–Trinajstić information content (AvgIpc) is 3.53. The number of benzene rings is 2. The lowest BCUT2D eigenvalue weighted by molar-refractivity contribution is 0.0704. The normalized spacial score (nSPS) is 14.5. The minimum atomic E-state index is -0.0407. The third-order valence-corrected chi connectivity index (χ3v) is 6.02. The van der Waals surface area contributed by atoms with Crippen molar-refractivity contribution < 1.29 is 18.5 Å². The summed E-state index contributed by atoms with van der Waals surface area (Å²) >= 11 is 0. The number of carbonyl (C=O) groups excluding carboxylic acids is 1. The van der Waals surface area contributed by atoms with Gasteiger partial charge in [0.1, 0.15) is 17.9 Å². The molecule has 1 aliphatic rings. The standard InChI is InChI=1S/C26H25N3O4/c1-3-13-31-22-15-20(16-23-21(22)10-14-32-23)26(30)29-11-8-19(9-12-29)25-27-24(28-33-25)18-6-4-17(2)5-7-18/h3-7,10,14-16,19H,1,8-9,11-13H2,2H3. The molecule has 0 bridgehead atoms. The Balaban J connectivity index is 1.27. The molecule has 7 heteroatoms. The molecular formula is C26H25N3O4. The molecule has 0 aliphatic carbocycles. The zero-order chi connectivity index (χ0) is 22.8. The average molecular weight is 444 g/mol. The quantitative estimate of drug-likeness (QED) is 0.372. The van der Waals surface area contributed by atoms with Crippen molar-refractivity contribution in [1.82, 2.24) is 15.0 Å². The summed E-state index contributed by atoms with van der Waals surface area (Å²) in [6.45, 7) is 7.32. The van der Waals surface area contributed by atoms with Crippen LogP contribution in [0.15, 0.2) is 70.3 Å². The zero-order valence-electron chi connectivity index (χ0n) is 18.5. The van der Waals surface area contributed by atoms with Gasteiger partial charge in [-0.05, 0) is 38.0 Å². The number of rotatable bonds is 6. The lowest BCUT2D eigenvalue weighted by atomic mass is 9.96. The minimum Gasteiger partial charge on any atom is -0.489 e. The van der Waals surface area contributed by atoms with Gasteiger partial charge in [0.2, 0.25) is 11.7 Å². The fourth-order valence-corrected chi connectivity index (χ4v) is 4.16. The van der Waals surface area contributed by atoms with E-state index in [9.17, 15) is 4.79 Å². The summed E-state index contributed by atoms with van der Waals surface area (Å²) in [6, 6.07) is 13.4. The van der Waals surface area contributed by atoms with Crippen LogP contribution in [0.2, 0.25) is 0 Å². The Morgan fingerprint density at radius 1 is 1.21 bits per heavy atom. The third kappa shape index (κ3) is 4.26. The summed E-state index contributed by atoms with van der Waals surface area (Å²) in [5.74, 6) is 1.95. The van der Waals surface area contributed by atoms with Gasteiger partial charge in [0, 0.05) is 30.1 Å². The molecule has 1 fully saturated rings. The highest BCUT2D eigenvalue weighted by Gasteiger charge is 2.29. The van der Waals surface area contributed by atoms with Crippen molar-refractivity contribution >= 4 is 16.9 Å². The molecule has 1 saturated heterocycles. The second kappa shape index (κ2) is 8.94. The molecule has 0 atom stereocenters. The number of fused-ring (bicyclic) bond motifs is 1. The van der Waals surface area contributed by atoms with Crippen LogP contribution in [-0.2, 0) is 0 Å². The van der Waals surface area contributed by atoms with Gasteiger partial charge in [-0.3, -0.25) is 4.79 Å². The molecule has 1 aliphatic heterocycles. The van der Waals surface area contributed by atoms with Crippen molar-refractivity contribution in [3.63, 3.8) is 0 Å². The van der Waals surface area contributed by atoms with Crippen LogP contribution >= 0.6 is 0 Å². The number of piperidine rings is 1. The van der Waals surface area contributed by atoms with Gasteiger partial charge in [0.05, 0.1) is 11.6 Å². The molecule has 1 amide bonds. The molecule has 0 spiro atoms. The maximum absolute atomic E-state index is 13.2. The summed E-state index contributed by atoms with van der Waals surface area (Å²) in [5, 5.41) is 4.99. The maximum atomic E-state index is 13.2. The Morgan fingerprint density at radius 3 is 2.76 bits per heavy atom. The molecule has 2 aromatic carbocycles. The Labute approximate surface area is 191 Å². The molecule has 168 valence electrons. The van der Waals surface area contributed by atoms with Gasteiger partial charge in [-0.2, -0.15) is 4.98 Å². The molecule has 7 nitrogen and oxygen atoms in total. The van der Waals surface area contributed by atoms with E-state index in [0.717, 1.165) is 23.8 Å². The number of furan rings is 1. The summed E-state index contributed by atoms with van der Waals surface area (Å²) in [5.41, 5.74) is 3.30. The minimum absolute atomic E-state index is 0.0407. The Hall–Kier alpha value is -3.87. The summed E-state index contributed by atoms with van der Waals surface area (Å²) in [7, 11) is 0. The first-order valence-corrected chi connectivity index (χ1v) is 11.1. The Bertz CT molecular complexity index is 1280. The third-order valence-electron chi connectivity index (χ3n) is 6.02. The number of aryl methyl sites for hydroxylation is 1. The lowest BCUT2D eigenvalue weighted by Gasteiger charge is -2.30. The number of aromatic nitrogens is 2. The zero-order valence-corrected chi connectivity index (χ0v) is 18.5. The highest BCUT2D eigenvalue weighted by Crippen LogP contribution is 2.32. The van der Waals surface area contributed by atoms with Gasteiger partial charge >= 0.3 is 0 Å². The van der Waals surface area contributed by atoms with E-state index < -0.39 is 0 Å². The highest BCUT2D eigenvalue weighted by atomic mass is 16.5. The molecule has 33 heavy (non-hydrogen) atoms. The van der Waals surface area contributed by atoms with Crippen molar-refractivity contribution in [3.8, 4) is 17.1 Å². The van der Waals surface area contributed by atoms with Crippen LogP contribution in [0.25, 0.3) is 22.4 Å². The van der Waals surface area contributed by atoms with Crippen molar-refractivity contribution in [1.29, 1.82) is 0 Å². The topological polar surface area (TPSA) is 81.6 Å². The Kier molecular flexibility index (Phi) is 5.69. The van der Waals surface area contributed by atoms with Crippen LogP contribution < -0.4 is 4.74 Å². The van der Waals surface area contributed by atoms with E-state index in [1.165, 1.54) is 5.56 Å². The van der Waals surface area contributed by atoms with Gasteiger partial charge in [0.15, 0.2) is 0 Å². The summed E-state index contributed by atoms with van der Waals surface area (Å²) in [4.78, 5) is 19.7. The van der Waals surface area contributed by atoms with Gasteiger partial charge in [0.25, 0.3) is 5.91 Å². The molecule has 0 radical (unpaired) electrons. The molecule has 3 heterocycles. The molecule has 4 aromatic rings. The number of carbonyl (C=O) groups is 1. The first-order valence-electron chi connectivity index (χ1n) is 11.1. The van der Waals surface area contributed by atoms with Crippen LogP contribution in [0.4, 0.5) is 0 Å². The van der Waals surface area contributed by atoms with Gasteiger partial charge in [-0.1, -0.05) is 47.6 Å². The summed E-state index contributed by atoms with van der Waals surface area (Å²) < 4.78 is 16.8. The fourth-order valence-electron chi connectivity index (χ4n) is 4.16. The van der Waals surface area contributed by atoms with Crippen molar-refractivity contribution in [3.05, 3.63) is 78.4 Å². The lowest BCUT2D eigenvalue weighted by Crippen LogP contribution is -2.38. The largest absolute Gasteiger partial charge is 0.489 e. The monoisotopic (exact) mass is 443 g/mol. The predicted octanol–water partition coefficient (Wildman–Crippen LogP) is 5.38. The van der Waals surface area contributed by atoms with E-state index in [1.807, 2.05) is 42.2 Å². The van der Waals surface area contributed by atoms with Crippen LogP contribution in [0.1, 0.15) is 40.6 Å². The number of likely N-dealkylation sites (tertiary alicyclic amines) is 1. The smallest absolute Gasteiger partial charge is 0.254 e. The maximum Gasteiger partial charge on any atom is 0.254 e. The van der Waals surface area contributed by atoms with Crippen LogP contribution in [0.5, 0.6) is 5.75 Å². The van der Waals surface area contributed by atoms with E-state index >= 15 is 0 Å². The molecule has 0 saturated carbocycles. The van der Waals surface area contributed by atoms with E-state index in [0.29, 0.717) is 48.3 Å². The van der Waals surface area contributed by atoms with Crippen molar-refractivity contribution in [2.45, 2.75) is 25.7 Å². The molecule has 0 N–H and O–H groups in total. The van der Waals surface area contributed by atoms with E-state index in [4.69, 9.17) is 13.7 Å². The summed E-state index contributed by atoms with van der Waals surface area (Å²) in [6.07, 6.45) is 4.81. The fraction of sp³-hybridized carbons (Fsp3) is 0.269. The van der Waals surface area contributed by atoms with Crippen LogP contribution in [0.3, 0.4) is 0 Å². The van der Waals surface area contributed by atoms with Crippen molar-refractivity contribution in [2.75, 3.05) is 19.7 Å². The highest BCUT2D eigenvalue weighted by molar-refractivity contribution is 5.99. The number of nitrogens with zero attached hydrogens (tertiary/aromatic N) is 3. The predicted molar refractivity (Wildman–Crippen MR) is 124 cm³/mol. The first-order chi connectivity index (χ1) is 16.1. The number of hydrogen-bond donors (Lipinski definition) is 0. The number of ether oxygens (including phenoxy) is 1. The second-order valence-corrected chi connectivity index (χ2v) is 8.30. The molecule has 5 rings (SSSR count). The van der Waals surface area contributed by atoms with Crippen LogP contribution in [0, 0.1) is 6.92 Å². The molecule has 2 aromatic heterocycles. The van der Waals surface area contributed by atoms with E-state index in [-0.39, 0.29) is 11.8 Å². The number of amides is 1. The second-order valence-electron chi connectivity index (χ2n) is 8.30. The Morgan fingerprint density at radius 2 is 2.00 bits per heavy atom. The number of hydrogen-bond acceptors (Lipinski definition) is 6. The van der Waals surface area contributed by atoms with E-state index in [1.54, 1.807) is 24.5 Å².